The van der Waals surface area contributed by atoms with E-state index in [9.17, 15) is 0 Å². The van der Waals surface area contributed by atoms with Crippen LogP contribution in [-0.2, 0) is 19.3 Å². The van der Waals surface area contributed by atoms with E-state index in [-0.39, 0.29) is 0 Å². The zero-order valence-electron chi connectivity index (χ0n) is 10.7. The first-order chi connectivity index (χ1) is 8.78. The van der Waals surface area contributed by atoms with Gasteiger partial charge in [0.15, 0.2) is 5.89 Å². The molecule has 0 aliphatic rings. The molecule has 0 bridgehead atoms. The number of hydrogen-bond donors (Lipinski definition) is 0. The number of benzene rings is 1. The molecule has 3 heteroatoms. The Hall–Kier alpha value is -1.28. The average molecular weight is 264 g/mol. The molecule has 0 spiro atoms. The molecule has 2 aromatic rings. The summed E-state index contributed by atoms with van der Waals surface area (Å²) in [6, 6.07) is 8.61. The van der Waals surface area contributed by atoms with Crippen molar-refractivity contribution < 1.29 is 4.42 Å². The molecule has 0 N–H and O–H groups in total. The van der Waals surface area contributed by atoms with Crippen molar-refractivity contribution in [3.8, 4) is 0 Å². The van der Waals surface area contributed by atoms with Crippen LogP contribution >= 0.6 is 11.6 Å². The highest BCUT2D eigenvalue weighted by Gasteiger charge is 2.04. The molecule has 2 nitrogen and oxygen atoms in total. The van der Waals surface area contributed by atoms with Gasteiger partial charge in [-0.1, -0.05) is 29.8 Å². The lowest BCUT2D eigenvalue weighted by molar-refractivity contribution is 0.452. The fraction of sp³-hybridized carbons (Fsp3) is 0.400. The number of oxazole rings is 1. The number of aromatic nitrogens is 1. The first-order valence-corrected chi connectivity index (χ1v) is 6.86. The molecule has 0 atom stereocenters. The summed E-state index contributed by atoms with van der Waals surface area (Å²) < 4.78 is 5.66. The quantitative estimate of drug-likeness (QED) is 0.738. The monoisotopic (exact) mass is 263 g/mol. The van der Waals surface area contributed by atoms with Crippen LogP contribution in [0.1, 0.15) is 29.2 Å². The van der Waals surface area contributed by atoms with E-state index in [1.54, 1.807) is 0 Å². The molecule has 0 saturated carbocycles. The van der Waals surface area contributed by atoms with Gasteiger partial charge in [-0.15, -0.1) is 11.6 Å². The van der Waals surface area contributed by atoms with Crippen molar-refractivity contribution in [1.29, 1.82) is 0 Å². The molecule has 0 radical (unpaired) electrons. The summed E-state index contributed by atoms with van der Waals surface area (Å²) in [6.45, 7) is 2.10. The predicted octanol–water partition coefficient (Wildman–Crippen LogP) is 3.94. The van der Waals surface area contributed by atoms with Crippen LogP contribution < -0.4 is 0 Å². The molecule has 0 amide bonds. The summed E-state index contributed by atoms with van der Waals surface area (Å²) >= 11 is 5.64. The lowest BCUT2D eigenvalue weighted by atomic mass is 10.1. The molecule has 0 aliphatic carbocycles. The van der Waals surface area contributed by atoms with Crippen LogP contribution in [0.5, 0.6) is 0 Å². The molecule has 96 valence electrons. The Morgan fingerprint density at radius 1 is 1.11 bits per heavy atom. The number of hydrogen-bond acceptors (Lipinski definition) is 2. The van der Waals surface area contributed by atoms with Crippen molar-refractivity contribution in [3.63, 3.8) is 0 Å². The molecule has 1 aromatic heterocycles. The van der Waals surface area contributed by atoms with E-state index in [4.69, 9.17) is 16.0 Å². The molecule has 18 heavy (non-hydrogen) atoms. The van der Waals surface area contributed by atoms with E-state index in [2.05, 4.69) is 36.2 Å². The number of alkyl halides is 1. The lowest BCUT2D eigenvalue weighted by Gasteiger charge is -1.99. The first-order valence-electron chi connectivity index (χ1n) is 6.33. The first kappa shape index (κ1) is 13.2. The minimum atomic E-state index is 0.654. The molecule has 1 aromatic carbocycles. The summed E-state index contributed by atoms with van der Waals surface area (Å²) in [6.07, 6.45) is 5.46. The molecule has 0 fully saturated rings. The van der Waals surface area contributed by atoms with Gasteiger partial charge in [0.05, 0.1) is 6.20 Å². The van der Waals surface area contributed by atoms with E-state index in [0.717, 1.165) is 37.3 Å². The molecular weight excluding hydrogens is 246 g/mol. The van der Waals surface area contributed by atoms with Crippen molar-refractivity contribution in [2.45, 2.75) is 32.6 Å². The number of rotatable bonds is 6. The molecule has 2 rings (SSSR count). The van der Waals surface area contributed by atoms with E-state index in [1.807, 2.05) is 6.20 Å². The Morgan fingerprint density at radius 3 is 2.61 bits per heavy atom. The van der Waals surface area contributed by atoms with Crippen LogP contribution in [0.4, 0.5) is 0 Å². The van der Waals surface area contributed by atoms with Gasteiger partial charge in [0.25, 0.3) is 0 Å². The van der Waals surface area contributed by atoms with Crippen LogP contribution in [0.25, 0.3) is 0 Å². The molecule has 0 unspecified atom stereocenters. The maximum absolute atomic E-state index is 5.66. The summed E-state index contributed by atoms with van der Waals surface area (Å²) in [5, 5.41) is 0. The van der Waals surface area contributed by atoms with Gasteiger partial charge in [0.2, 0.25) is 0 Å². The predicted molar refractivity (Wildman–Crippen MR) is 74.1 cm³/mol. The Morgan fingerprint density at radius 2 is 1.89 bits per heavy atom. The van der Waals surface area contributed by atoms with Gasteiger partial charge in [-0.05, 0) is 25.3 Å². The van der Waals surface area contributed by atoms with Crippen LogP contribution in [0.15, 0.2) is 34.9 Å². The van der Waals surface area contributed by atoms with Crippen LogP contribution in [-0.4, -0.2) is 10.9 Å². The summed E-state index contributed by atoms with van der Waals surface area (Å²) in [5.41, 5.74) is 2.63. The third kappa shape index (κ3) is 3.88. The van der Waals surface area contributed by atoms with Gasteiger partial charge in [-0.25, -0.2) is 4.98 Å². The summed E-state index contributed by atoms with van der Waals surface area (Å²) in [4.78, 5) is 4.25. The molecular formula is C15H18ClNO. The number of aryl methyl sites for hydroxylation is 4. The van der Waals surface area contributed by atoms with E-state index >= 15 is 0 Å². The Bertz CT molecular complexity index is 475. The van der Waals surface area contributed by atoms with Crippen molar-refractivity contribution in [1.82, 2.24) is 4.98 Å². The third-order valence-corrected chi connectivity index (χ3v) is 3.17. The highest BCUT2D eigenvalue weighted by atomic mass is 35.5. The van der Waals surface area contributed by atoms with Crippen LogP contribution in [0, 0.1) is 6.92 Å². The SMILES string of the molecule is Cc1ccc(CCc2cnc(CCCCl)o2)cc1. The Labute approximate surface area is 113 Å². The summed E-state index contributed by atoms with van der Waals surface area (Å²) in [5.74, 6) is 2.41. The highest BCUT2D eigenvalue weighted by Crippen LogP contribution is 2.11. The largest absolute Gasteiger partial charge is 0.446 e. The zero-order valence-corrected chi connectivity index (χ0v) is 11.4. The van der Waals surface area contributed by atoms with E-state index in [0.29, 0.717) is 5.88 Å². The fourth-order valence-electron chi connectivity index (χ4n) is 1.82. The third-order valence-electron chi connectivity index (χ3n) is 2.91. The van der Waals surface area contributed by atoms with Crippen LogP contribution in [0.3, 0.4) is 0 Å². The molecule has 0 aliphatic heterocycles. The number of halogens is 1. The van der Waals surface area contributed by atoms with Crippen LogP contribution in [0.2, 0.25) is 0 Å². The van der Waals surface area contributed by atoms with Gasteiger partial charge < -0.3 is 4.42 Å². The Kier molecular flexibility index (Phi) is 4.82. The second kappa shape index (κ2) is 6.60. The van der Waals surface area contributed by atoms with Gasteiger partial charge in [0.1, 0.15) is 5.76 Å². The van der Waals surface area contributed by atoms with Crippen molar-refractivity contribution in [2.24, 2.45) is 0 Å². The Balaban J connectivity index is 1.86. The second-order valence-corrected chi connectivity index (χ2v) is 4.88. The standard InChI is InChI=1S/C15H18ClNO/c1-12-4-6-13(7-5-12)8-9-14-11-17-15(18-14)3-2-10-16/h4-7,11H,2-3,8-10H2,1H3. The van der Waals surface area contributed by atoms with Gasteiger partial charge in [-0.3, -0.25) is 0 Å². The highest BCUT2D eigenvalue weighted by molar-refractivity contribution is 6.17. The minimum Gasteiger partial charge on any atom is -0.446 e. The molecule has 0 saturated heterocycles. The van der Waals surface area contributed by atoms with Crippen molar-refractivity contribution in [3.05, 3.63) is 53.2 Å². The van der Waals surface area contributed by atoms with Crippen molar-refractivity contribution >= 4 is 11.6 Å². The topological polar surface area (TPSA) is 26.0 Å². The minimum absolute atomic E-state index is 0.654. The molecule has 1 heterocycles. The normalized spacial score (nSPS) is 10.8. The maximum atomic E-state index is 5.66. The van der Waals surface area contributed by atoms with E-state index < -0.39 is 0 Å². The van der Waals surface area contributed by atoms with Gasteiger partial charge >= 0.3 is 0 Å². The second-order valence-electron chi connectivity index (χ2n) is 4.50. The maximum Gasteiger partial charge on any atom is 0.194 e. The van der Waals surface area contributed by atoms with Crippen molar-refractivity contribution in [2.75, 3.05) is 5.88 Å². The fourth-order valence-corrected chi connectivity index (χ4v) is 1.95. The number of nitrogens with zero attached hydrogens (tertiary/aromatic N) is 1. The van der Waals surface area contributed by atoms with E-state index in [1.165, 1.54) is 11.1 Å². The lowest BCUT2D eigenvalue weighted by Crippen LogP contribution is -1.89. The smallest absolute Gasteiger partial charge is 0.194 e. The average Bonchev–Trinajstić information content (AvgIpc) is 2.84. The van der Waals surface area contributed by atoms with Gasteiger partial charge in [0, 0.05) is 18.7 Å². The summed E-state index contributed by atoms with van der Waals surface area (Å²) in [7, 11) is 0. The van der Waals surface area contributed by atoms with Gasteiger partial charge in [-0.2, -0.15) is 0 Å². The zero-order chi connectivity index (χ0) is 12.8.